The van der Waals surface area contributed by atoms with Gasteiger partial charge in [-0.15, -0.1) is 0 Å². The van der Waals surface area contributed by atoms with Gasteiger partial charge in [0.05, 0.1) is 0 Å². The molecule has 0 bridgehead atoms. The first-order chi connectivity index (χ1) is 35.5. The fourth-order valence-electron chi connectivity index (χ4n) is 9.55. The van der Waals surface area contributed by atoms with E-state index in [-0.39, 0.29) is 31.1 Å². The Morgan fingerprint density at radius 3 is 0.778 bits per heavy atom. The number of hydrogen-bond acceptors (Lipinski definition) is 6. The first-order valence-corrected chi connectivity index (χ1v) is 32.0. The van der Waals surface area contributed by atoms with Crippen LogP contribution in [0.5, 0.6) is 0 Å². The van der Waals surface area contributed by atoms with Gasteiger partial charge in [-0.05, 0) is 70.6 Å². The number of esters is 3. The lowest BCUT2D eigenvalue weighted by molar-refractivity contribution is -0.167. The number of rotatable bonds is 59. The first kappa shape index (κ1) is 69.6. The zero-order chi connectivity index (χ0) is 52.2. The van der Waals surface area contributed by atoms with Crippen molar-refractivity contribution < 1.29 is 28.6 Å². The maximum absolute atomic E-state index is 12.9. The SMILES string of the molecule is CCCCCCCCC/C=C\C=C/CCCCCCCC(=O)OCC(COC(=O)CCCCCCCCCCCCCCCCCCCC)OC(=O)CCCCCCC/C=C\CCCCCCCCCCC. The molecule has 0 aliphatic rings. The van der Waals surface area contributed by atoms with Crippen molar-refractivity contribution in [3.05, 3.63) is 36.5 Å². The van der Waals surface area contributed by atoms with Crippen LogP contribution in [-0.2, 0) is 28.6 Å². The predicted octanol–water partition coefficient (Wildman–Crippen LogP) is 21.6. The molecule has 72 heavy (non-hydrogen) atoms. The van der Waals surface area contributed by atoms with Gasteiger partial charge < -0.3 is 14.2 Å². The minimum Gasteiger partial charge on any atom is -0.462 e. The van der Waals surface area contributed by atoms with Crippen molar-refractivity contribution in [1.29, 1.82) is 0 Å². The Morgan fingerprint density at radius 2 is 0.500 bits per heavy atom. The standard InChI is InChI=1S/C66H122O6/c1-4-7-10-13-16-19-22-25-28-31-34-37-40-43-46-49-52-55-58-64(67)70-61-63(72-66(69)60-57-54-51-48-45-42-39-36-33-30-27-24-21-18-15-12-9-6-3)62-71-65(68)59-56-53-50-47-44-41-38-35-32-29-26-23-20-17-14-11-8-5-2/h28,31,34,36-37,39,63H,4-27,29-30,32-33,35,38,40-62H2,1-3H3/b31-28-,37-34-,39-36-. The summed E-state index contributed by atoms with van der Waals surface area (Å²) in [4.78, 5) is 38.3. The summed E-state index contributed by atoms with van der Waals surface area (Å²) in [6.45, 7) is 6.68. The van der Waals surface area contributed by atoms with Gasteiger partial charge in [-0.25, -0.2) is 0 Å². The van der Waals surface area contributed by atoms with Crippen molar-refractivity contribution in [3.63, 3.8) is 0 Å². The second-order valence-electron chi connectivity index (χ2n) is 21.7. The van der Waals surface area contributed by atoms with Gasteiger partial charge in [0.15, 0.2) is 6.10 Å². The van der Waals surface area contributed by atoms with Crippen molar-refractivity contribution in [2.45, 2.75) is 354 Å². The highest BCUT2D eigenvalue weighted by molar-refractivity contribution is 5.71. The molecule has 422 valence electrons. The Morgan fingerprint density at radius 1 is 0.278 bits per heavy atom. The van der Waals surface area contributed by atoms with Crippen molar-refractivity contribution in [1.82, 2.24) is 0 Å². The van der Waals surface area contributed by atoms with E-state index in [1.807, 2.05) is 0 Å². The summed E-state index contributed by atoms with van der Waals surface area (Å²) in [5.74, 6) is -0.877. The zero-order valence-corrected chi connectivity index (χ0v) is 48.5. The average Bonchev–Trinajstić information content (AvgIpc) is 3.38. The van der Waals surface area contributed by atoms with Crippen LogP contribution < -0.4 is 0 Å². The second kappa shape index (κ2) is 61.2. The fourth-order valence-corrected chi connectivity index (χ4v) is 9.55. The number of hydrogen-bond donors (Lipinski definition) is 0. The van der Waals surface area contributed by atoms with Gasteiger partial charge in [-0.2, -0.15) is 0 Å². The van der Waals surface area contributed by atoms with Gasteiger partial charge in [0.2, 0.25) is 0 Å². The summed E-state index contributed by atoms with van der Waals surface area (Å²) in [5.41, 5.74) is 0. The van der Waals surface area contributed by atoms with E-state index >= 15 is 0 Å². The summed E-state index contributed by atoms with van der Waals surface area (Å²) in [5, 5.41) is 0. The van der Waals surface area contributed by atoms with Crippen LogP contribution in [0.25, 0.3) is 0 Å². The molecule has 6 nitrogen and oxygen atoms in total. The van der Waals surface area contributed by atoms with Gasteiger partial charge in [0, 0.05) is 19.3 Å². The maximum atomic E-state index is 12.9. The van der Waals surface area contributed by atoms with Gasteiger partial charge >= 0.3 is 17.9 Å². The van der Waals surface area contributed by atoms with E-state index in [4.69, 9.17) is 14.2 Å². The summed E-state index contributed by atoms with van der Waals surface area (Å²) in [6.07, 6.45) is 74.3. The van der Waals surface area contributed by atoms with Gasteiger partial charge in [0.25, 0.3) is 0 Å². The number of unbranched alkanes of at least 4 members (excludes halogenated alkanes) is 43. The molecule has 0 aromatic heterocycles. The van der Waals surface area contributed by atoms with Gasteiger partial charge in [-0.3, -0.25) is 14.4 Å². The molecular formula is C66H122O6. The lowest BCUT2D eigenvalue weighted by Gasteiger charge is -2.18. The number of allylic oxidation sites excluding steroid dienone is 6. The number of ether oxygens (including phenoxy) is 3. The van der Waals surface area contributed by atoms with E-state index in [0.29, 0.717) is 19.3 Å². The predicted molar refractivity (Wildman–Crippen MR) is 312 cm³/mol. The first-order valence-electron chi connectivity index (χ1n) is 32.0. The molecule has 1 atom stereocenters. The molecule has 0 amide bonds. The smallest absolute Gasteiger partial charge is 0.306 e. The molecular weight excluding hydrogens is 889 g/mol. The Balaban J connectivity index is 4.37. The van der Waals surface area contributed by atoms with E-state index in [2.05, 4.69) is 57.2 Å². The second-order valence-corrected chi connectivity index (χ2v) is 21.7. The molecule has 0 aliphatic carbocycles. The third kappa shape index (κ3) is 58.5. The van der Waals surface area contributed by atoms with Crippen LogP contribution in [0.2, 0.25) is 0 Å². The van der Waals surface area contributed by atoms with Crippen molar-refractivity contribution in [2.24, 2.45) is 0 Å². The normalized spacial score (nSPS) is 12.2. The van der Waals surface area contributed by atoms with E-state index < -0.39 is 6.10 Å². The topological polar surface area (TPSA) is 78.9 Å². The van der Waals surface area contributed by atoms with E-state index in [1.54, 1.807) is 0 Å². The van der Waals surface area contributed by atoms with Crippen LogP contribution in [0, 0.1) is 0 Å². The minimum atomic E-state index is -0.781. The molecule has 0 saturated heterocycles. The Bertz CT molecular complexity index is 1210. The maximum Gasteiger partial charge on any atom is 0.306 e. The lowest BCUT2D eigenvalue weighted by atomic mass is 10.0. The molecule has 0 aromatic rings. The van der Waals surface area contributed by atoms with E-state index in [9.17, 15) is 14.4 Å². The minimum absolute atomic E-state index is 0.0764. The Labute approximate surface area is 448 Å². The van der Waals surface area contributed by atoms with E-state index in [1.165, 1.54) is 225 Å². The van der Waals surface area contributed by atoms with Gasteiger partial charge in [-0.1, -0.05) is 295 Å². The van der Waals surface area contributed by atoms with Crippen molar-refractivity contribution in [3.8, 4) is 0 Å². The summed E-state index contributed by atoms with van der Waals surface area (Å²) >= 11 is 0. The lowest BCUT2D eigenvalue weighted by Crippen LogP contribution is -2.30. The molecule has 0 aliphatic heterocycles. The van der Waals surface area contributed by atoms with Crippen LogP contribution >= 0.6 is 0 Å². The quantitative estimate of drug-likeness (QED) is 0.0199. The molecule has 1 unspecified atom stereocenters. The van der Waals surface area contributed by atoms with Crippen LogP contribution in [0.15, 0.2) is 36.5 Å². The van der Waals surface area contributed by atoms with Gasteiger partial charge in [0.1, 0.15) is 13.2 Å². The molecule has 0 radical (unpaired) electrons. The largest absolute Gasteiger partial charge is 0.462 e. The summed E-state index contributed by atoms with van der Waals surface area (Å²) < 4.78 is 16.9. The third-order valence-electron chi connectivity index (χ3n) is 14.4. The van der Waals surface area contributed by atoms with Crippen LogP contribution in [0.3, 0.4) is 0 Å². The molecule has 0 N–H and O–H groups in total. The molecule has 0 saturated carbocycles. The molecule has 0 fully saturated rings. The monoisotopic (exact) mass is 1010 g/mol. The molecule has 0 rings (SSSR count). The Hall–Kier alpha value is -2.37. The van der Waals surface area contributed by atoms with Crippen molar-refractivity contribution in [2.75, 3.05) is 13.2 Å². The van der Waals surface area contributed by atoms with E-state index in [0.717, 1.165) is 83.5 Å². The molecule has 0 heterocycles. The zero-order valence-electron chi connectivity index (χ0n) is 48.5. The fraction of sp³-hybridized carbons (Fsp3) is 0.864. The molecule has 0 spiro atoms. The van der Waals surface area contributed by atoms with Crippen LogP contribution in [-0.4, -0.2) is 37.2 Å². The summed E-state index contributed by atoms with van der Waals surface area (Å²) in [7, 11) is 0. The van der Waals surface area contributed by atoms with Crippen molar-refractivity contribution >= 4 is 17.9 Å². The Kier molecular flexibility index (Phi) is 59.2. The van der Waals surface area contributed by atoms with Crippen LogP contribution in [0.1, 0.15) is 348 Å². The number of carbonyl (C=O) groups is 3. The molecule has 0 aromatic carbocycles. The highest BCUT2D eigenvalue weighted by Gasteiger charge is 2.19. The summed E-state index contributed by atoms with van der Waals surface area (Å²) in [6, 6.07) is 0. The number of carbonyl (C=O) groups excluding carboxylic acids is 3. The highest BCUT2D eigenvalue weighted by atomic mass is 16.6. The third-order valence-corrected chi connectivity index (χ3v) is 14.4. The van der Waals surface area contributed by atoms with Crippen LogP contribution in [0.4, 0.5) is 0 Å². The highest BCUT2D eigenvalue weighted by Crippen LogP contribution is 2.17. The average molecular weight is 1010 g/mol. The molecule has 6 heteroatoms.